The van der Waals surface area contributed by atoms with Crippen molar-refractivity contribution in [2.45, 2.75) is 78.4 Å². The van der Waals surface area contributed by atoms with Gasteiger partial charge >= 0.3 is 11.9 Å². The molecule has 0 aromatic heterocycles. The highest BCUT2D eigenvalue weighted by atomic mass is 17.2. The molecule has 0 amide bonds. The average molecular weight is 316 g/mol. The van der Waals surface area contributed by atoms with Gasteiger partial charge in [-0.3, -0.25) is 9.78 Å². The quantitative estimate of drug-likeness (QED) is 0.585. The number of hydrogen-bond donors (Lipinski definition) is 0. The lowest BCUT2D eigenvalue weighted by molar-refractivity contribution is -0.330. The molecule has 128 valence electrons. The molecule has 6 heteroatoms. The van der Waals surface area contributed by atoms with Gasteiger partial charge in [0.1, 0.15) is 11.2 Å². The summed E-state index contributed by atoms with van der Waals surface area (Å²) in [4.78, 5) is 44.2. The highest BCUT2D eigenvalue weighted by Gasteiger charge is 2.40. The normalized spacial score (nSPS) is 23.0. The molecule has 1 aliphatic carbocycles. The van der Waals surface area contributed by atoms with Crippen LogP contribution < -0.4 is 0 Å². The third kappa shape index (κ3) is 6.75. The zero-order valence-corrected chi connectivity index (χ0v) is 14.4. The Bertz CT molecular complexity index is 352. The van der Waals surface area contributed by atoms with E-state index in [9.17, 15) is 9.59 Å². The van der Waals surface area contributed by atoms with Crippen molar-refractivity contribution in [3.05, 3.63) is 0 Å². The Morgan fingerprint density at radius 1 is 0.727 bits per heavy atom. The Balaban J connectivity index is 2.62. The number of hydrogen-bond acceptors (Lipinski definition) is 6. The maximum atomic E-state index is 12.2. The molecule has 1 fully saturated rings. The van der Waals surface area contributed by atoms with Crippen molar-refractivity contribution in [3.63, 3.8) is 0 Å². The monoisotopic (exact) mass is 316 g/mol. The topological polar surface area (TPSA) is 71.1 Å². The molecule has 6 nitrogen and oxygen atoms in total. The molecule has 0 heterocycles. The molecule has 0 aromatic carbocycles. The van der Waals surface area contributed by atoms with E-state index in [1.54, 1.807) is 41.5 Å². The van der Waals surface area contributed by atoms with Crippen LogP contribution in [0.4, 0.5) is 0 Å². The first-order chi connectivity index (χ1) is 9.99. The van der Waals surface area contributed by atoms with E-state index in [0.717, 1.165) is 12.8 Å². The molecule has 0 spiro atoms. The van der Waals surface area contributed by atoms with E-state index in [4.69, 9.17) is 19.6 Å². The smallest absolute Gasteiger partial charge is 0.297 e. The molecule has 0 saturated heterocycles. The van der Waals surface area contributed by atoms with Gasteiger partial charge in [0.25, 0.3) is 0 Å². The molecule has 0 bridgehead atoms. The summed E-state index contributed by atoms with van der Waals surface area (Å²) < 4.78 is 0. The minimum Gasteiger partial charge on any atom is -0.297 e. The van der Waals surface area contributed by atoms with Crippen LogP contribution in [0.2, 0.25) is 0 Å². The van der Waals surface area contributed by atoms with E-state index in [0.29, 0.717) is 12.8 Å². The highest BCUT2D eigenvalue weighted by molar-refractivity contribution is 5.81. The average Bonchev–Trinajstić information content (AvgIpc) is 2.40. The fraction of sp³-hybridized carbons (Fsp3) is 0.875. The number of carbonyl (C=O) groups is 2. The van der Waals surface area contributed by atoms with Crippen LogP contribution in [0.3, 0.4) is 0 Å². The first-order valence-electron chi connectivity index (χ1n) is 7.79. The van der Waals surface area contributed by atoms with Crippen LogP contribution in [0.15, 0.2) is 0 Å². The fourth-order valence-corrected chi connectivity index (χ4v) is 2.15. The van der Waals surface area contributed by atoms with Gasteiger partial charge in [0, 0.05) is 0 Å². The van der Waals surface area contributed by atoms with Gasteiger partial charge in [0.05, 0.1) is 11.8 Å². The second-order valence-electron chi connectivity index (χ2n) is 7.69. The summed E-state index contributed by atoms with van der Waals surface area (Å²) in [7, 11) is 0. The molecule has 2 atom stereocenters. The zero-order valence-electron chi connectivity index (χ0n) is 14.4. The lowest BCUT2D eigenvalue weighted by atomic mass is 9.79. The van der Waals surface area contributed by atoms with E-state index in [2.05, 4.69) is 0 Å². The molecule has 22 heavy (non-hydrogen) atoms. The minimum atomic E-state index is -0.588. The van der Waals surface area contributed by atoms with E-state index < -0.39 is 35.0 Å². The van der Waals surface area contributed by atoms with Crippen LogP contribution in [0.25, 0.3) is 0 Å². The van der Waals surface area contributed by atoms with Gasteiger partial charge in [-0.05, 0) is 54.4 Å². The molecule has 1 aliphatic rings. The molecule has 1 rings (SSSR count). The Hall–Kier alpha value is -1.14. The summed E-state index contributed by atoms with van der Waals surface area (Å²) in [6.07, 6.45) is 2.92. The van der Waals surface area contributed by atoms with Crippen LogP contribution in [0.1, 0.15) is 67.2 Å². The van der Waals surface area contributed by atoms with Crippen molar-refractivity contribution in [2.24, 2.45) is 11.8 Å². The molecule has 0 N–H and O–H groups in total. The lowest BCUT2D eigenvalue weighted by Gasteiger charge is -2.29. The van der Waals surface area contributed by atoms with Gasteiger partial charge in [0.2, 0.25) is 0 Å². The maximum Gasteiger partial charge on any atom is 0.346 e. The van der Waals surface area contributed by atoms with E-state index in [-0.39, 0.29) is 0 Å². The van der Waals surface area contributed by atoms with Gasteiger partial charge in [-0.25, -0.2) is 9.59 Å². The van der Waals surface area contributed by atoms with Gasteiger partial charge in [-0.1, -0.05) is 12.8 Å². The van der Waals surface area contributed by atoms with E-state index >= 15 is 0 Å². The molecule has 0 radical (unpaired) electrons. The van der Waals surface area contributed by atoms with E-state index in [1.807, 2.05) is 0 Å². The van der Waals surface area contributed by atoms with Crippen LogP contribution >= 0.6 is 0 Å². The molecular weight excluding hydrogens is 288 g/mol. The SMILES string of the molecule is CC(C)(C)OOC(=O)C1CCCCC1C(=O)OOC(C)(C)C. The summed E-state index contributed by atoms with van der Waals surface area (Å²) >= 11 is 0. The Morgan fingerprint density at radius 3 is 1.32 bits per heavy atom. The van der Waals surface area contributed by atoms with Gasteiger partial charge in [0.15, 0.2) is 0 Å². The molecule has 0 aliphatic heterocycles. The zero-order chi connectivity index (χ0) is 17.0. The molecular formula is C16H28O6. The molecule has 0 aromatic rings. The highest BCUT2D eigenvalue weighted by Crippen LogP contribution is 2.32. The third-order valence-electron chi connectivity index (χ3n) is 3.12. The maximum absolute atomic E-state index is 12.2. The van der Waals surface area contributed by atoms with Gasteiger partial charge < -0.3 is 0 Å². The van der Waals surface area contributed by atoms with Crippen LogP contribution in [0, 0.1) is 11.8 Å². The van der Waals surface area contributed by atoms with E-state index in [1.165, 1.54) is 0 Å². The van der Waals surface area contributed by atoms with Gasteiger partial charge in [-0.2, -0.15) is 9.78 Å². The van der Waals surface area contributed by atoms with Crippen molar-refractivity contribution < 1.29 is 29.1 Å². The predicted octanol–water partition coefficient (Wildman–Crippen LogP) is 3.34. The van der Waals surface area contributed by atoms with Crippen molar-refractivity contribution >= 4 is 11.9 Å². The lowest BCUT2D eigenvalue weighted by Crippen LogP contribution is -2.37. The first kappa shape index (κ1) is 18.9. The van der Waals surface area contributed by atoms with Crippen molar-refractivity contribution in [1.29, 1.82) is 0 Å². The first-order valence-corrected chi connectivity index (χ1v) is 7.79. The Kier molecular flexibility index (Phi) is 6.38. The summed E-state index contributed by atoms with van der Waals surface area (Å²) in [5.41, 5.74) is -1.18. The standard InChI is InChI=1S/C16H28O6/c1-15(2,3)21-19-13(17)11-9-7-8-10-12(11)14(18)20-22-16(4,5)6/h11-12H,7-10H2,1-6H3. The predicted molar refractivity (Wildman–Crippen MR) is 79.3 cm³/mol. The second kappa shape index (κ2) is 7.42. The summed E-state index contributed by atoms with van der Waals surface area (Å²) in [5.74, 6) is -2.14. The summed E-state index contributed by atoms with van der Waals surface area (Å²) in [6, 6.07) is 0. The Morgan fingerprint density at radius 2 is 1.05 bits per heavy atom. The van der Waals surface area contributed by atoms with Crippen molar-refractivity contribution in [2.75, 3.05) is 0 Å². The van der Waals surface area contributed by atoms with Crippen molar-refractivity contribution in [3.8, 4) is 0 Å². The minimum absolute atomic E-state index is 0.521. The summed E-state index contributed by atoms with van der Waals surface area (Å²) in [6.45, 7) is 10.7. The molecule has 2 unspecified atom stereocenters. The Labute approximate surface area is 132 Å². The largest absolute Gasteiger partial charge is 0.346 e. The van der Waals surface area contributed by atoms with Crippen LogP contribution in [0.5, 0.6) is 0 Å². The van der Waals surface area contributed by atoms with Crippen LogP contribution in [-0.2, 0) is 29.1 Å². The fourth-order valence-electron chi connectivity index (χ4n) is 2.15. The van der Waals surface area contributed by atoms with Gasteiger partial charge in [-0.15, -0.1) is 0 Å². The second-order valence-corrected chi connectivity index (χ2v) is 7.69. The third-order valence-corrected chi connectivity index (χ3v) is 3.12. The summed E-state index contributed by atoms with van der Waals surface area (Å²) in [5, 5.41) is 0. The van der Waals surface area contributed by atoms with Crippen LogP contribution in [-0.4, -0.2) is 23.1 Å². The number of rotatable bonds is 4. The molecule has 1 saturated carbocycles. The number of carbonyl (C=O) groups excluding carboxylic acids is 2. The van der Waals surface area contributed by atoms with Crippen molar-refractivity contribution in [1.82, 2.24) is 0 Å².